The van der Waals surface area contributed by atoms with Crippen molar-refractivity contribution in [2.75, 3.05) is 13.7 Å². The Morgan fingerprint density at radius 3 is 2.48 bits per heavy atom. The summed E-state index contributed by atoms with van der Waals surface area (Å²) < 4.78 is 42.7. The van der Waals surface area contributed by atoms with Crippen LogP contribution in [0.1, 0.15) is 11.3 Å². The Hall–Kier alpha value is -2.13. The number of ether oxygens (including phenoxy) is 1. The number of alkyl halides is 3. The van der Waals surface area contributed by atoms with E-state index >= 15 is 0 Å². The molecule has 0 aliphatic rings. The van der Waals surface area contributed by atoms with Gasteiger partial charge in [0.2, 0.25) is 5.88 Å². The van der Waals surface area contributed by atoms with Crippen molar-refractivity contribution >= 4 is 29.2 Å². The summed E-state index contributed by atoms with van der Waals surface area (Å²) in [5.41, 5.74) is 1.63. The van der Waals surface area contributed by atoms with Crippen molar-refractivity contribution in [1.29, 1.82) is 0 Å². The zero-order chi connectivity index (χ0) is 20.0. The molecule has 0 fully saturated rings. The Labute approximate surface area is 164 Å². The second kappa shape index (κ2) is 9.18. The van der Waals surface area contributed by atoms with Crippen LogP contribution in [0.4, 0.5) is 13.2 Å². The van der Waals surface area contributed by atoms with Crippen LogP contribution < -0.4 is 15.4 Å². The molecule has 148 valence electrons. The van der Waals surface area contributed by atoms with Crippen molar-refractivity contribution in [1.82, 2.24) is 20.2 Å². The molecule has 11 heteroatoms. The van der Waals surface area contributed by atoms with E-state index in [0.29, 0.717) is 29.2 Å². The summed E-state index contributed by atoms with van der Waals surface area (Å²) in [6, 6.07) is 4.76. The molecule has 0 spiro atoms. The SMILES string of the molecule is CN=C(NCc1ccc(OCC(F)(F)F)nc1)NCc1cc(Cl)c(Cl)n1C. The lowest BCUT2D eigenvalue weighted by molar-refractivity contribution is -0.154. The monoisotopic (exact) mass is 423 g/mol. The largest absolute Gasteiger partial charge is 0.468 e. The predicted octanol–water partition coefficient (Wildman–Crippen LogP) is 3.53. The molecule has 0 saturated heterocycles. The molecule has 0 bridgehead atoms. The topological polar surface area (TPSA) is 63.5 Å². The van der Waals surface area contributed by atoms with Gasteiger partial charge < -0.3 is 19.9 Å². The van der Waals surface area contributed by atoms with E-state index in [2.05, 4.69) is 25.3 Å². The van der Waals surface area contributed by atoms with Crippen molar-refractivity contribution in [3.05, 3.63) is 45.8 Å². The molecule has 2 aromatic heterocycles. The van der Waals surface area contributed by atoms with Gasteiger partial charge in [-0.25, -0.2) is 4.98 Å². The van der Waals surface area contributed by atoms with Gasteiger partial charge in [0, 0.05) is 38.6 Å². The number of hydrogen-bond acceptors (Lipinski definition) is 3. The van der Waals surface area contributed by atoms with Gasteiger partial charge in [-0.15, -0.1) is 0 Å². The highest BCUT2D eigenvalue weighted by Gasteiger charge is 2.28. The fourth-order valence-corrected chi connectivity index (χ4v) is 2.51. The number of aromatic nitrogens is 2. The minimum absolute atomic E-state index is 0.0870. The van der Waals surface area contributed by atoms with E-state index in [-0.39, 0.29) is 5.88 Å². The maximum Gasteiger partial charge on any atom is 0.422 e. The van der Waals surface area contributed by atoms with Crippen molar-refractivity contribution in [3.8, 4) is 5.88 Å². The average Bonchev–Trinajstić information content (AvgIpc) is 2.87. The van der Waals surface area contributed by atoms with E-state index in [0.717, 1.165) is 11.3 Å². The first-order valence-corrected chi connectivity index (χ1v) is 8.54. The fourth-order valence-electron chi connectivity index (χ4n) is 2.10. The predicted molar refractivity (Wildman–Crippen MR) is 98.3 cm³/mol. The van der Waals surface area contributed by atoms with Gasteiger partial charge in [-0.3, -0.25) is 4.99 Å². The van der Waals surface area contributed by atoms with E-state index < -0.39 is 12.8 Å². The number of rotatable bonds is 6. The number of hydrogen-bond donors (Lipinski definition) is 2. The lowest BCUT2D eigenvalue weighted by Gasteiger charge is -2.13. The van der Waals surface area contributed by atoms with Crippen molar-refractivity contribution in [2.45, 2.75) is 19.3 Å². The van der Waals surface area contributed by atoms with Crippen LogP contribution in [0.5, 0.6) is 5.88 Å². The highest BCUT2D eigenvalue weighted by atomic mass is 35.5. The standard InChI is InChI=1S/C16H18Cl2F3N5O/c1-22-15(25-8-11-5-12(17)14(18)26(11)2)24-7-10-3-4-13(23-6-10)27-9-16(19,20)21/h3-6H,7-9H2,1-2H3,(H2,22,24,25). The van der Waals surface area contributed by atoms with E-state index in [4.69, 9.17) is 23.2 Å². The minimum Gasteiger partial charge on any atom is -0.468 e. The van der Waals surface area contributed by atoms with E-state index in [9.17, 15) is 13.2 Å². The molecule has 0 aliphatic carbocycles. The van der Waals surface area contributed by atoms with Crippen LogP contribution in [0.25, 0.3) is 0 Å². The van der Waals surface area contributed by atoms with Crippen molar-refractivity contribution in [2.24, 2.45) is 12.0 Å². The average molecular weight is 424 g/mol. The summed E-state index contributed by atoms with van der Waals surface area (Å²) >= 11 is 12.0. The number of nitrogens with zero attached hydrogens (tertiary/aromatic N) is 3. The molecular weight excluding hydrogens is 406 g/mol. The molecule has 27 heavy (non-hydrogen) atoms. The summed E-state index contributed by atoms with van der Waals surface area (Å²) in [6.45, 7) is -0.548. The van der Waals surface area contributed by atoms with Crippen LogP contribution in [0.3, 0.4) is 0 Å². The van der Waals surface area contributed by atoms with Crippen LogP contribution in [-0.4, -0.2) is 35.3 Å². The molecule has 2 aromatic rings. The highest BCUT2D eigenvalue weighted by molar-refractivity contribution is 6.41. The van der Waals surface area contributed by atoms with Gasteiger partial charge in [-0.05, 0) is 11.6 Å². The Morgan fingerprint density at radius 1 is 1.26 bits per heavy atom. The Morgan fingerprint density at radius 2 is 1.96 bits per heavy atom. The third-order valence-electron chi connectivity index (χ3n) is 3.52. The van der Waals surface area contributed by atoms with Gasteiger partial charge in [0.05, 0.1) is 11.6 Å². The molecule has 2 rings (SSSR count). The van der Waals surface area contributed by atoms with Gasteiger partial charge in [-0.2, -0.15) is 13.2 Å². The second-order valence-corrected chi connectivity index (χ2v) is 6.29. The van der Waals surface area contributed by atoms with Gasteiger partial charge in [0.1, 0.15) is 5.15 Å². The summed E-state index contributed by atoms with van der Waals surface area (Å²) in [4.78, 5) is 7.95. The van der Waals surface area contributed by atoms with Crippen molar-refractivity contribution in [3.63, 3.8) is 0 Å². The maximum absolute atomic E-state index is 12.1. The van der Waals surface area contributed by atoms with E-state index in [1.165, 1.54) is 12.3 Å². The van der Waals surface area contributed by atoms with Crippen molar-refractivity contribution < 1.29 is 17.9 Å². The molecule has 0 radical (unpaired) electrons. The van der Waals surface area contributed by atoms with Crippen LogP contribution in [0.2, 0.25) is 10.2 Å². The molecule has 0 amide bonds. The van der Waals surface area contributed by atoms with E-state index in [1.54, 1.807) is 30.8 Å². The number of guanidine groups is 1. The summed E-state index contributed by atoms with van der Waals surface area (Å²) in [5, 5.41) is 7.12. The Bertz CT molecular complexity index is 791. The molecule has 2 heterocycles. The molecular formula is C16H18Cl2F3N5O. The molecule has 0 aliphatic heterocycles. The smallest absolute Gasteiger partial charge is 0.422 e. The maximum atomic E-state index is 12.1. The molecule has 6 nitrogen and oxygen atoms in total. The number of halogens is 5. The van der Waals surface area contributed by atoms with Gasteiger partial charge >= 0.3 is 6.18 Å². The molecule has 0 atom stereocenters. The lowest BCUT2D eigenvalue weighted by atomic mass is 10.3. The number of aliphatic imine (C=N–C) groups is 1. The second-order valence-electron chi connectivity index (χ2n) is 5.52. The molecule has 0 saturated carbocycles. The third kappa shape index (κ3) is 6.51. The quantitative estimate of drug-likeness (QED) is 0.550. The molecule has 0 unspecified atom stereocenters. The fraction of sp³-hybridized carbons (Fsp3) is 0.375. The van der Waals surface area contributed by atoms with Gasteiger partial charge in [0.25, 0.3) is 0 Å². The number of pyridine rings is 1. The first-order valence-electron chi connectivity index (χ1n) is 7.78. The van der Waals surface area contributed by atoms with Crippen LogP contribution in [0.15, 0.2) is 29.4 Å². The number of nitrogens with one attached hydrogen (secondary N) is 2. The lowest BCUT2D eigenvalue weighted by Crippen LogP contribution is -2.36. The van der Waals surface area contributed by atoms with Crippen LogP contribution in [-0.2, 0) is 20.1 Å². The zero-order valence-corrected chi connectivity index (χ0v) is 16.1. The van der Waals surface area contributed by atoms with Gasteiger partial charge in [-0.1, -0.05) is 29.3 Å². The summed E-state index contributed by atoms with van der Waals surface area (Å²) in [6.07, 6.45) is -2.96. The molecule has 0 aromatic carbocycles. The summed E-state index contributed by atoms with van der Waals surface area (Å²) in [5.74, 6) is 0.442. The van der Waals surface area contributed by atoms with Crippen LogP contribution >= 0.6 is 23.2 Å². The summed E-state index contributed by atoms with van der Waals surface area (Å²) in [7, 11) is 3.42. The molecule has 2 N–H and O–H groups in total. The Kier molecular flexibility index (Phi) is 7.20. The normalized spacial score (nSPS) is 12.2. The zero-order valence-electron chi connectivity index (χ0n) is 14.6. The highest BCUT2D eigenvalue weighted by Crippen LogP contribution is 2.24. The van der Waals surface area contributed by atoms with Gasteiger partial charge in [0.15, 0.2) is 12.6 Å². The van der Waals surface area contributed by atoms with Crippen LogP contribution in [0, 0.1) is 0 Å². The third-order valence-corrected chi connectivity index (χ3v) is 4.36. The first kappa shape index (κ1) is 21.2. The van der Waals surface area contributed by atoms with E-state index in [1.807, 2.05) is 0 Å². The Balaban J connectivity index is 1.84. The first-order chi connectivity index (χ1) is 12.7. The minimum atomic E-state index is -4.40.